The molecular weight excluding hydrogens is 562 g/mol. The number of methoxy groups -OCH3 is 1. The van der Waals surface area contributed by atoms with E-state index in [1.807, 2.05) is 39.8 Å². The standard InChI is InChI=1S/C31H38ClN3O5S/c1-6-23(4)33-31(37)29(7-2)34(20-24-10-16-27(40-5)17-11-24)30(36)21-35(26-14-8-22(3)9-15-26)41(38,39)28-18-12-25(32)13-19-28/h8-19,23,29H,6-7,20-21H2,1-5H3,(H,33,37)/t23-,29+/m0/s1. The molecule has 0 heterocycles. The van der Waals surface area contributed by atoms with Gasteiger partial charge >= 0.3 is 0 Å². The summed E-state index contributed by atoms with van der Waals surface area (Å²) >= 11 is 6.01. The average Bonchev–Trinajstić information content (AvgIpc) is 2.96. The average molecular weight is 600 g/mol. The van der Waals surface area contributed by atoms with Gasteiger partial charge in [-0.05, 0) is 80.8 Å². The summed E-state index contributed by atoms with van der Waals surface area (Å²) in [7, 11) is -2.59. The topological polar surface area (TPSA) is 96.0 Å². The quantitative estimate of drug-likeness (QED) is 0.277. The van der Waals surface area contributed by atoms with Crippen LogP contribution >= 0.6 is 11.6 Å². The maximum Gasteiger partial charge on any atom is 0.264 e. The van der Waals surface area contributed by atoms with E-state index in [1.165, 1.54) is 29.2 Å². The van der Waals surface area contributed by atoms with Gasteiger partial charge in [0, 0.05) is 17.6 Å². The Morgan fingerprint density at radius 3 is 2.07 bits per heavy atom. The predicted octanol–water partition coefficient (Wildman–Crippen LogP) is 5.57. The van der Waals surface area contributed by atoms with Crippen molar-refractivity contribution in [3.05, 3.63) is 88.9 Å². The lowest BCUT2D eigenvalue weighted by Crippen LogP contribution is -2.53. The highest BCUT2D eigenvalue weighted by Crippen LogP contribution is 2.26. The summed E-state index contributed by atoms with van der Waals surface area (Å²) in [6.07, 6.45) is 1.08. The highest BCUT2D eigenvalue weighted by molar-refractivity contribution is 7.92. The van der Waals surface area contributed by atoms with Crippen LogP contribution in [0.1, 0.15) is 44.7 Å². The SMILES string of the molecule is CC[C@H](C(=O)N[C@@H](C)CC)N(Cc1ccc(OC)cc1)C(=O)CN(c1ccc(C)cc1)S(=O)(=O)c1ccc(Cl)cc1. The van der Waals surface area contributed by atoms with Crippen molar-refractivity contribution in [2.45, 2.75) is 64.1 Å². The van der Waals surface area contributed by atoms with Crippen molar-refractivity contribution in [3.8, 4) is 5.75 Å². The van der Waals surface area contributed by atoms with E-state index in [0.29, 0.717) is 22.9 Å². The molecule has 10 heteroatoms. The zero-order valence-electron chi connectivity index (χ0n) is 24.1. The predicted molar refractivity (Wildman–Crippen MR) is 163 cm³/mol. The molecule has 2 atom stereocenters. The Labute approximate surface area is 248 Å². The van der Waals surface area contributed by atoms with Crippen molar-refractivity contribution in [1.29, 1.82) is 0 Å². The Morgan fingerprint density at radius 2 is 1.54 bits per heavy atom. The molecule has 220 valence electrons. The van der Waals surface area contributed by atoms with Gasteiger partial charge in [0.2, 0.25) is 11.8 Å². The fourth-order valence-corrected chi connectivity index (χ4v) is 5.80. The highest BCUT2D eigenvalue weighted by atomic mass is 35.5. The molecule has 0 radical (unpaired) electrons. The van der Waals surface area contributed by atoms with Gasteiger partial charge in [-0.2, -0.15) is 0 Å². The first-order chi connectivity index (χ1) is 19.5. The van der Waals surface area contributed by atoms with Gasteiger partial charge in [-0.15, -0.1) is 0 Å². The fraction of sp³-hybridized carbons (Fsp3) is 0.355. The number of benzene rings is 3. The number of amides is 2. The van der Waals surface area contributed by atoms with Crippen LogP contribution in [0.15, 0.2) is 77.7 Å². The first kappa shape index (κ1) is 32.0. The van der Waals surface area contributed by atoms with Crippen LogP contribution in [0.3, 0.4) is 0 Å². The Balaban J connectivity index is 2.05. The molecule has 3 aromatic carbocycles. The fourth-order valence-electron chi connectivity index (χ4n) is 4.26. The molecule has 0 bridgehead atoms. The van der Waals surface area contributed by atoms with Crippen LogP contribution in [0.25, 0.3) is 0 Å². The molecule has 0 fully saturated rings. The number of aryl methyl sites for hydroxylation is 1. The van der Waals surface area contributed by atoms with E-state index in [-0.39, 0.29) is 23.4 Å². The number of nitrogens with zero attached hydrogens (tertiary/aromatic N) is 2. The molecule has 3 rings (SSSR count). The largest absolute Gasteiger partial charge is 0.497 e. The van der Waals surface area contributed by atoms with Gasteiger partial charge in [0.15, 0.2) is 0 Å². The number of carbonyl (C=O) groups is 2. The van der Waals surface area contributed by atoms with Crippen LogP contribution in [-0.4, -0.2) is 50.9 Å². The van der Waals surface area contributed by atoms with Gasteiger partial charge in [0.05, 0.1) is 17.7 Å². The summed E-state index contributed by atoms with van der Waals surface area (Å²) < 4.78 is 34.1. The number of anilines is 1. The van der Waals surface area contributed by atoms with Gasteiger partial charge in [-0.25, -0.2) is 8.42 Å². The molecule has 2 amide bonds. The first-order valence-corrected chi connectivity index (χ1v) is 15.4. The zero-order chi connectivity index (χ0) is 30.2. The zero-order valence-corrected chi connectivity index (χ0v) is 25.7. The first-order valence-electron chi connectivity index (χ1n) is 13.6. The molecule has 0 aromatic heterocycles. The molecule has 0 aliphatic carbocycles. The minimum Gasteiger partial charge on any atom is -0.497 e. The van der Waals surface area contributed by atoms with Crippen molar-refractivity contribution >= 4 is 39.1 Å². The normalized spacial score (nSPS) is 12.7. The Hall–Kier alpha value is -3.56. The van der Waals surface area contributed by atoms with Gasteiger partial charge in [-0.3, -0.25) is 13.9 Å². The van der Waals surface area contributed by atoms with Gasteiger partial charge in [-0.1, -0.05) is 55.3 Å². The maximum atomic E-state index is 14.1. The minimum atomic E-state index is -4.16. The molecule has 0 saturated heterocycles. The molecule has 3 aromatic rings. The third-order valence-electron chi connectivity index (χ3n) is 6.90. The number of rotatable bonds is 13. The minimum absolute atomic E-state index is 0.00136. The van der Waals surface area contributed by atoms with Crippen LogP contribution in [0.5, 0.6) is 5.75 Å². The second kappa shape index (κ2) is 14.4. The summed E-state index contributed by atoms with van der Waals surface area (Å²) in [4.78, 5) is 28.9. The van der Waals surface area contributed by atoms with E-state index in [2.05, 4.69) is 5.32 Å². The molecular formula is C31H38ClN3O5S. The number of sulfonamides is 1. The second-order valence-corrected chi connectivity index (χ2v) is 12.2. The maximum absolute atomic E-state index is 14.1. The van der Waals surface area contributed by atoms with E-state index in [1.54, 1.807) is 43.5 Å². The molecule has 1 N–H and O–H groups in total. The smallest absolute Gasteiger partial charge is 0.264 e. The third kappa shape index (κ3) is 8.24. The lowest BCUT2D eigenvalue weighted by molar-refractivity contribution is -0.140. The second-order valence-electron chi connectivity index (χ2n) is 9.91. The number of carbonyl (C=O) groups excluding carboxylic acids is 2. The van der Waals surface area contributed by atoms with E-state index < -0.39 is 28.5 Å². The van der Waals surface area contributed by atoms with Crippen LogP contribution < -0.4 is 14.4 Å². The van der Waals surface area contributed by atoms with Crippen molar-refractivity contribution in [1.82, 2.24) is 10.2 Å². The van der Waals surface area contributed by atoms with Crippen LogP contribution in [0.4, 0.5) is 5.69 Å². The van der Waals surface area contributed by atoms with E-state index in [4.69, 9.17) is 16.3 Å². The monoisotopic (exact) mass is 599 g/mol. The van der Waals surface area contributed by atoms with Crippen molar-refractivity contribution in [2.75, 3.05) is 18.0 Å². The number of hydrogen-bond donors (Lipinski definition) is 1. The van der Waals surface area contributed by atoms with E-state index in [9.17, 15) is 18.0 Å². The van der Waals surface area contributed by atoms with Gasteiger partial charge in [0.1, 0.15) is 18.3 Å². The summed E-state index contributed by atoms with van der Waals surface area (Å²) in [5, 5.41) is 3.37. The van der Waals surface area contributed by atoms with Gasteiger partial charge in [0.25, 0.3) is 10.0 Å². The summed E-state index contributed by atoms with van der Waals surface area (Å²) in [5.41, 5.74) is 2.05. The molecule has 0 aliphatic heterocycles. The van der Waals surface area contributed by atoms with Crippen molar-refractivity contribution in [2.24, 2.45) is 0 Å². The van der Waals surface area contributed by atoms with E-state index in [0.717, 1.165) is 21.9 Å². The van der Waals surface area contributed by atoms with Crippen LogP contribution in [0.2, 0.25) is 5.02 Å². The summed E-state index contributed by atoms with van der Waals surface area (Å²) in [6, 6.07) is 19.0. The number of nitrogens with one attached hydrogen (secondary N) is 1. The number of ether oxygens (including phenoxy) is 1. The lowest BCUT2D eigenvalue weighted by atomic mass is 10.1. The molecule has 0 unspecified atom stereocenters. The molecule has 0 spiro atoms. The summed E-state index contributed by atoms with van der Waals surface area (Å²) in [5.74, 6) is -0.135. The number of hydrogen-bond acceptors (Lipinski definition) is 5. The van der Waals surface area contributed by atoms with E-state index >= 15 is 0 Å². The molecule has 41 heavy (non-hydrogen) atoms. The van der Waals surface area contributed by atoms with Crippen LogP contribution in [0, 0.1) is 6.92 Å². The molecule has 0 aliphatic rings. The lowest BCUT2D eigenvalue weighted by Gasteiger charge is -2.33. The van der Waals surface area contributed by atoms with Crippen LogP contribution in [-0.2, 0) is 26.2 Å². The third-order valence-corrected chi connectivity index (χ3v) is 8.94. The summed E-state index contributed by atoms with van der Waals surface area (Å²) in [6.45, 7) is 7.20. The van der Waals surface area contributed by atoms with Crippen molar-refractivity contribution < 1.29 is 22.7 Å². The number of halogens is 1. The highest BCUT2D eigenvalue weighted by Gasteiger charge is 2.34. The Morgan fingerprint density at radius 1 is 0.927 bits per heavy atom. The Bertz CT molecular complexity index is 1410. The molecule has 0 saturated carbocycles. The molecule has 8 nitrogen and oxygen atoms in total. The van der Waals surface area contributed by atoms with Crippen molar-refractivity contribution in [3.63, 3.8) is 0 Å². The Kier molecular flexibility index (Phi) is 11.2. The van der Waals surface area contributed by atoms with Gasteiger partial charge < -0.3 is 15.0 Å².